The molecule has 1 aromatic carbocycles. The smallest absolute Gasteiger partial charge is 0.311 e. The van der Waals surface area contributed by atoms with Crippen LogP contribution in [0.25, 0.3) is 0 Å². The molecule has 1 aromatic rings. The van der Waals surface area contributed by atoms with Gasteiger partial charge in [0, 0.05) is 0 Å². The number of carbonyl (C=O) groups excluding carboxylic acids is 1. The Morgan fingerprint density at radius 1 is 1.37 bits per heavy atom. The molecule has 106 valence electrons. The molecule has 2 unspecified atom stereocenters. The van der Waals surface area contributed by atoms with Crippen LogP contribution in [0, 0.1) is 5.92 Å². The van der Waals surface area contributed by atoms with Crippen LogP contribution < -0.4 is 0 Å². The van der Waals surface area contributed by atoms with Gasteiger partial charge in [-0.05, 0) is 31.0 Å². The van der Waals surface area contributed by atoms with Gasteiger partial charge in [0.25, 0.3) is 0 Å². The molecular weight excluding hydrogens is 244 g/mol. The Morgan fingerprint density at radius 3 is 2.42 bits per heavy atom. The van der Waals surface area contributed by atoms with Crippen molar-refractivity contribution in [3.63, 3.8) is 0 Å². The molecule has 0 aliphatic carbocycles. The maximum atomic E-state index is 11.9. The average Bonchev–Trinajstić information content (AvgIpc) is 2.39. The topological polar surface area (TPSA) is 66.8 Å². The number of aromatic hydroxyl groups is 1. The van der Waals surface area contributed by atoms with E-state index in [1.165, 1.54) is 19.2 Å². The molecule has 0 spiro atoms. The van der Waals surface area contributed by atoms with Crippen molar-refractivity contribution in [1.82, 2.24) is 0 Å². The first-order chi connectivity index (χ1) is 8.93. The van der Waals surface area contributed by atoms with Crippen LogP contribution in [-0.4, -0.2) is 23.3 Å². The van der Waals surface area contributed by atoms with Gasteiger partial charge in [0.15, 0.2) is 0 Å². The Bertz CT molecular complexity index is 409. The van der Waals surface area contributed by atoms with Crippen LogP contribution in [0.5, 0.6) is 5.75 Å². The van der Waals surface area contributed by atoms with Crippen molar-refractivity contribution in [3.8, 4) is 5.75 Å². The van der Waals surface area contributed by atoms with Gasteiger partial charge >= 0.3 is 5.97 Å². The number of esters is 1. The first-order valence-corrected chi connectivity index (χ1v) is 6.53. The van der Waals surface area contributed by atoms with E-state index < -0.39 is 17.5 Å². The summed E-state index contributed by atoms with van der Waals surface area (Å²) in [4.78, 5) is 11.9. The van der Waals surface area contributed by atoms with Crippen molar-refractivity contribution in [1.29, 1.82) is 0 Å². The van der Waals surface area contributed by atoms with Crippen LogP contribution in [0.3, 0.4) is 0 Å². The third-order valence-corrected chi connectivity index (χ3v) is 3.46. The molecule has 0 aliphatic heterocycles. The Balaban J connectivity index is 3.03. The minimum Gasteiger partial charge on any atom is -0.508 e. The molecule has 0 fully saturated rings. The van der Waals surface area contributed by atoms with E-state index in [4.69, 9.17) is 4.74 Å². The molecule has 2 atom stereocenters. The highest BCUT2D eigenvalue weighted by molar-refractivity contribution is 5.74. The van der Waals surface area contributed by atoms with Crippen molar-refractivity contribution < 1.29 is 19.7 Å². The maximum absolute atomic E-state index is 11.9. The molecular formula is C15H22O4. The van der Waals surface area contributed by atoms with Crippen LogP contribution in [0.1, 0.15) is 38.7 Å². The van der Waals surface area contributed by atoms with Crippen molar-refractivity contribution in [2.24, 2.45) is 5.92 Å². The lowest BCUT2D eigenvalue weighted by molar-refractivity contribution is -0.156. The van der Waals surface area contributed by atoms with Gasteiger partial charge in [0.05, 0.1) is 13.0 Å². The summed E-state index contributed by atoms with van der Waals surface area (Å²) in [5, 5.41) is 20.0. The number of ether oxygens (including phenoxy) is 1. The third kappa shape index (κ3) is 3.70. The molecule has 4 nitrogen and oxygen atoms in total. The highest BCUT2D eigenvalue weighted by Crippen LogP contribution is 2.34. The van der Waals surface area contributed by atoms with Gasteiger partial charge in [-0.2, -0.15) is 0 Å². The molecule has 0 aliphatic rings. The van der Waals surface area contributed by atoms with E-state index in [1.54, 1.807) is 19.1 Å². The van der Waals surface area contributed by atoms with Crippen LogP contribution in [0.4, 0.5) is 0 Å². The quantitative estimate of drug-likeness (QED) is 0.777. The monoisotopic (exact) mass is 266 g/mol. The molecule has 2 N–H and O–H groups in total. The number of unbranched alkanes of at least 4 members (excludes halogenated alkanes) is 1. The summed E-state index contributed by atoms with van der Waals surface area (Å²) >= 11 is 0. The molecule has 0 amide bonds. The van der Waals surface area contributed by atoms with E-state index in [0.29, 0.717) is 12.0 Å². The second-order valence-electron chi connectivity index (χ2n) is 4.91. The number of hydrogen-bond acceptors (Lipinski definition) is 4. The minimum atomic E-state index is -1.31. The summed E-state index contributed by atoms with van der Waals surface area (Å²) in [6.45, 7) is 3.64. The Labute approximate surface area is 114 Å². The summed E-state index contributed by atoms with van der Waals surface area (Å²) in [6.07, 6.45) is 2.35. The fourth-order valence-electron chi connectivity index (χ4n) is 2.18. The molecule has 0 radical (unpaired) electrons. The maximum Gasteiger partial charge on any atom is 0.311 e. The van der Waals surface area contributed by atoms with Gasteiger partial charge in [0.2, 0.25) is 0 Å². The first-order valence-electron chi connectivity index (χ1n) is 6.53. The molecule has 19 heavy (non-hydrogen) atoms. The standard InChI is InChI=1S/C15H22O4/c1-4-5-6-13(14(17)19-3)15(2,18)11-7-9-12(16)10-8-11/h7-10,13,16,18H,4-6H2,1-3H3. The molecule has 0 saturated carbocycles. The Morgan fingerprint density at radius 2 is 1.95 bits per heavy atom. The van der Waals surface area contributed by atoms with Crippen LogP contribution in [-0.2, 0) is 15.1 Å². The van der Waals surface area contributed by atoms with Crippen molar-refractivity contribution in [2.75, 3.05) is 7.11 Å². The van der Waals surface area contributed by atoms with Gasteiger partial charge in [-0.25, -0.2) is 0 Å². The lowest BCUT2D eigenvalue weighted by atomic mass is 9.80. The SMILES string of the molecule is CCCCC(C(=O)OC)C(C)(O)c1ccc(O)cc1. The predicted octanol–water partition coefficient (Wildman–Crippen LogP) is 2.58. The van der Waals surface area contributed by atoms with Crippen LogP contribution >= 0.6 is 0 Å². The van der Waals surface area contributed by atoms with E-state index in [9.17, 15) is 15.0 Å². The predicted molar refractivity (Wildman–Crippen MR) is 72.7 cm³/mol. The third-order valence-electron chi connectivity index (χ3n) is 3.46. The number of phenols is 1. The average molecular weight is 266 g/mol. The van der Waals surface area contributed by atoms with Crippen molar-refractivity contribution in [3.05, 3.63) is 29.8 Å². The lowest BCUT2D eigenvalue weighted by Crippen LogP contribution is -2.38. The lowest BCUT2D eigenvalue weighted by Gasteiger charge is -2.31. The zero-order chi connectivity index (χ0) is 14.5. The second-order valence-corrected chi connectivity index (χ2v) is 4.91. The molecule has 1 rings (SSSR count). The summed E-state index contributed by atoms with van der Waals surface area (Å²) in [5.74, 6) is -0.892. The fourth-order valence-corrected chi connectivity index (χ4v) is 2.18. The Kier molecular flexibility index (Phi) is 5.36. The first kappa shape index (κ1) is 15.5. The van der Waals surface area contributed by atoms with Gasteiger partial charge in [-0.15, -0.1) is 0 Å². The molecule has 0 saturated heterocycles. The van der Waals surface area contributed by atoms with Crippen LogP contribution in [0.2, 0.25) is 0 Å². The van der Waals surface area contributed by atoms with E-state index in [2.05, 4.69) is 0 Å². The van der Waals surface area contributed by atoms with Gasteiger partial charge in [-0.1, -0.05) is 31.9 Å². The van der Waals surface area contributed by atoms with Crippen LogP contribution in [0.15, 0.2) is 24.3 Å². The Hall–Kier alpha value is -1.55. The molecule has 0 aromatic heterocycles. The van der Waals surface area contributed by atoms with E-state index >= 15 is 0 Å². The molecule has 0 bridgehead atoms. The van der Waals surface area contributed by atoms with E-state index in [0.717, 1.165) is 12.8 Å². The number of hydrogen-bond donors (Lipinski definition) is 2. The van der Waals surface area contributed by atoms with Crippen molar-refractivity contribution >= 4 is 5.97 Å². The van der Waals surface area contributed by atoms with E-state index in [1.807, 2.05) is 6.92 Å². The van der Waals surface area contributed by atoms with Gasteiger partial charge in [0.1, 0.15) is 11.4 Å². The van der Waals surface area contributed by atoms with Crippen molar-refractivity contribution in [2.45, 2.75) is 38.7 Å². The number of aliphatic hydroxyl groups is 1. The van der Waals surface area contributed by atoms with E-state index in [-0.39, 0.29) is 5.75 Å². The van der Waals surface area contributed by atoms with Gasteiger partial charge < -0.3 is 14.9 Å². The summed E-state index contributed by atoms with van der Waals surface area (Å²) in [5.41, 5.74) is -0.715. The summed E-state index contributed by atoms with van der Waals surface area (Å²) in [6, 6.07) is 6.24. The number of rotatable bonds is 6. The molecule has 0 heterocycles. The number of methoxy groups -OCH3 is 1. The summed E-state index contributed by atoms with van der Waals surface area (Å²) in [7, 11) is 1.33. The number of phenolic OH excluding ortho intramolecular Hbond substituents is 1. The number of benzene rings is 1. The number of carbonyl (C=O) groups is 1. The van der Waals surface area contributed by atoms with Gasteiger partial charge in [-0.3, -0.25) is 4.79 Å². The normalized spacial score (nSPS) is 15.6. The zero-order valence-corrected chi connectivity index (χ0v) is 11.7. The second kappa shape index (κ2) is 6.57. The highest BCUT2D eigenvalue weighted by atomic mass is 16.5. The zero-order valence-electron chi connectivity index (χ0n) is 11.7. The molecule has 4 heteroatoms. The highest BCUT2D eigenvalue weighted by Gasteiger charge is 2.39. The minimum absolute atomic E-state index is 0.128. The summed E-state index contributed by atoms with van der Waals surface area (Å²) < 4.78 is 4.79. The largest absolute Gasteiger partial charge is 0.508 e. The fraction of sp³-hybridized carbons (Fsp3) is 0.533.